The summed E-state index contributed by atoms with van der Waals surface area (Å²) in [5.41, 5.74) is 0. The minimum absolute atomic E-state index is 0.358. The summed E-state index contributed by atoms with van der Waals surface area (Å²) in [5.74, 6) is 1.34. The molecule has 1 atom stereocenters. The van der Waals surface area contributed by atoms with E-state index < -0.39 is 8.56 Å². The van der Waals surface area contributed by atoms with E-state index in [-0.39, 0.29) is 0 Å². The molecular weight excluding hydrogens is 252 g/mol. The quantitative estimate of drug-likeness (QED) is 0.376. The summed E-state index contributed by atoms with van der Waals surface area (Å²) in [7, 11) is -1.96. The van der Waals surface area contributed by atoms with Gasteiger partial charge in [-0.1, -0.05) is 48.5 Å². The van der Waals surface area contributed by atoms with Crippen molar-refractivity contribution in [2.75, 3.05) is 6.61 Å². The van der Waals surface area contributed by atoms with Crippen molar-refractivity contribution in [2.24, 2.45) is 11.8 Å². The molecule has 0 aromatic heterocycles. The van der Waals surface area contributed by atoms with Crippen LogP contribution in [0.25, 0.3) is 0 Å². The molecule has 0 saturated carbocycles. The number of hydrogen-bond acceptors (Lipinski definition) is 2. The smallest absolute Gasteiger partial charge is 0.337 e. The first-order valence-corrected chi connectivity index (χ1v) is 10.5. The van der Waals surface area contributed by atoms with Crippen molar-refractivity contribution in [1.82, 2.24) is 0 Å². The zero-order valence-corrected chi connectivity index (χ0v) is 15.3. The maximum absolute atomic E-state index is 6.47. The molecule has 0 aliphatic carbocycles. The Labute approximate surface area is 122 Å². The van der Waals surface area contributed by atoms with Gasteiger partial charge >= 0.3 is 8.56 Å². The third kappa shape index (κ3) is 7.47. The molecule has 0 aromatic rings. The lowest BCUT2D eigenvalue weighted by Crippen LogP contribution is -2.45. The van der Waals surface area contributed by atoms with E-state index in [0.29, 0.717) is 12.0 Å². The Hall–Kier alpha value is 0.137. The van der Waals surface area contributed by atoms with Crippen LogP contribution in [0.4, 0.5) is 0 Å². The van der Waals surface area contributed by atoms with Gasteiger partial charge in [-0.3, -0.25) is 0 Å². The van der Waals surface area contributed by atoms with E-state index in [1.165, 1.54) is 6.42 Å². The van der Waals surface area contributed by atoms with Crippen LogP contribution in [0.5, 0.6) is 0 Å². The molecule has 0 rings (SSSR count). The van der Waals surface area contributed by atoms with Gasteiger partial charge in [-0.2, -0.15) is 0 Å². The topological polar surface area (TPSA) is 18.5 Å². The molecule has 0 spiro atoms. The van der Waals surface area contributed by atoms with Gasteiger partial charge in [0.25, 0.3) is 0 Å². The third-order valence-electron chi connectivity index (χ3n) is 3.88. The second-order valence-corrected chi connectivity index (χ2v) is 10.1. The van der Waals surface area contributed by atoms with E-state index in [2.05, 4.69) is 48.5 Å². The van der Waals surface area contributed by atoms with Gasteiger partial charge in [0.2, 0.25) is 0 Å². The summed E-state index contributed by atoms with van der Waals surface area (Å²) >= 11 is 0. The molecule has 0 aliphatic rings. The monoisotopic (exact) mass is 288 g/mol. The Morgan fingerprint density at radius 3 is 1.89 bits per heavy atom. The average Bonchev–Trinajstić information content (AvgIpc) is 2.38. The van der Waals surface area contributed by atoms with Gasteiger partial charge in [0.05, 0.1) is 0 Å². The lowest BCUT2D eigenvalue weighted by molar-refractivity contribution is 0.0784. The van der Waals surface area contributed by atoms with Gasteiger partial charge in [0.15, 0.2) is 0 Å². The minimum atomic E-state index is -1.96. The fourth-order valence-corrected chi connectivity index (χ4v) is 5.19. The first-order chi connectivity index (χ1) is 8.90. The highest BCUT2D eigenvalue weighted by atomic mass is 28.4. The molecule has 0 N–H and O–H groups in total. The molecule has 1 unspecified atom stereocenters. The second-order valence-electron chi connectivity index (χ2n) is 6.31. The largest absolute Gasteiger partial charge is 0.394 e. The van der Waals surface area contributed by atoms with Crippen molar-refractivity contribution in [1.29, 1.82) is 0 Å². The first kappa shape index (κ1) is 19.1. The van der Waals surface area contributed by atoms with E-state index >= 15 is 0 Å². The fraction of sp³-hybridized carbons (Fsp3) is 1.00. The summed E-state index contributed by atoms with van der Waals surface area (Å²) in [4.78, 5) is 0. The standard InChI is InChI=1S/C16H36O2Si/c1-8-16(15(6)7)18-19(9-2,10-3)17-13-11-12-14(4)5/h14-16H,8-13H2,1-7H3. The molecule has 116 valence electrons. The van der Waals surface area contributed by atoms with Crippen LogP contribution in [0, 0.1) is 11.8 Å². The third-order valence-corrected chi connectivity index (χ3v) is 7.50. The van der Waals surface area contributed by atoms with Gasteiger partial charge in [-0.25, -0.2) is 0 Å². The first-order valence-electron chi connectivity index (χ1n) is 8.22. The highest BCUT2D eigenvalue weighted by molar-refractivity contribution is 6.67. The average molecular weight is 289 g/mol. The Balaban J connectivity index is 4.39. The zero-order valence-electron chi connectivity index (χ0n) is 14.3. The van der Waals surface area contributed by atoms with Crippen LogP contribution in [-0.4, -0.2) is 21.3 Å². The zero-order chi connectivity index (χ0) is 14.9. The van der Waals surface area contributed by atoms with Crippen LogP contribution >= 0.6 is 0 Å². The van der Waals surface area contributed by atoms with Gasteiger partial charge in [0, 0.05) is 12.7 Å². The highest BCUT2D eigenvalue weighted by Gasteiger charge is 2.36. The Bertz CT molecular complexity index is 213. The van der Waals surface area contributed by atoms with Crippen LogP contribution in [0.3, 0.4) is 0 Å². The second kappa shape index (κ2) is 9.95. The van der Waals surface area contributed by atoms with Gasteiger partial charge in [-0.15, -0.1) is 0 Å². The number of hydrogen-bond donors (Lipinski definition) is 0. The lowest BCUT2D eigenvalue weighted by Gasteiger charge is -2.34. The van der Waals surface area contributed by atoms with Crippen molar-refractivity contribution in [3.8, 4) is 0 Å². The Morgan fingerprint density at radius 1 is 0.947 bits per heavy atom. The van der Waals surface area contributed by atoms with Gasteiger partial charge < -0.3 is 8.85 Å². The van der Waals surface area contributed by atoms with E-state index in [1.54, 1.807) is 0 Å². The SMILES string of the molecule is CCC(O[Si](CC)(CC)OCCCC(C)C)C(C)C. The maximum Gasteiger partial charge on any atom is 0.337 e. The molecule has 0 aliphatic heterocycles. The molecule has 0 radical (unpaired) electrons. The van der Waals surface area contributed by atoms with E-state index in [0.717, 1.165) is 37.5 Å². The van der Waals surface area contributed by atoms with Crippen LogP contribution in [0.15, 0.2) is 0 Å². The fourth-order valence-electron chi connectivity index (χ4n) is 2.37. The van der Waals surface area contributed by atoms with Crippen LogP contribution < -0.4 is 0 Å². The van der Waals surface area contributed by atoms with Crippen molar-refractivity contribution >= 4 is 8.56 Å². The maximum atomic E-state index is 6.47. The van der Waals surface area contributed by atoms with Gasteiger partial charge in [0.1, 0.15) is 0 Å². The molecule has 2 nitrogen and oxygen atoms in total. The van der Waals surface area contributed by atoms with Crippen LogP contribution in [0.2, 0.25) is 12.1 Å². The van der Waals surface area contributed by atoms with Crippen molar-refractivity contribution in [3.63, 3.8) is 0 Å². The highest BCUT2D eigenvalue weighted by Crippen LogP contribution is 2.25. The summed E-state index contributed by atoms with van der Waals surface area (Å²) in [6.07, 6.45) is 3.85. The van der Waals surface area contributed by atoms with Crippen molar-refractivity contribution in [3.05, 3.63) is 0 Å². The van der Waals surface area contributed by atoms with Crippen LogP contribution in [0.1, 0.15) is 67.7 Å². The van der Waals surface area contributed by atoms with E-state index in [1.807, 2.05) is 0 Å². The van der Waals surface area contributed by atoms with Crippen molar-refractivity contribution < 1.29 is 8.85 Å². The Morgan fingerprint density at radius 2 is 1.53 bits per heavy atom. The summed E-state index contributed by atoms with van der Waals surface area (Å²) in [6, 6.07) is 2.13. The molecular formula is C16H36O2Si. The number of rotatable bonds is 11. The molecule has 3 heteroatoms. The Kier molecular flexibility index (Phi) is 10.0. The normalized spacial score (nSPS) is 14.4. The van der Waals surface area contributed by atoms with E-state index in [4.69, 9.17) is 8.85 Å². The minimum Gasteiger partial charge on any atom is -0.394 e. The van der Waals surface area contributed by atoms with Gasteiger partial charge in [-0.05, 0) is 43.2 Å². The van der Waals surface area contributed by atoms with E-state index in [9.17, 15) is 0 Å². The summed E-state index contributed by atoms with van der Waals surface area (Å²) in [6.45, 7) is 16.6. The predicted molar refractivity (Wildman–Crippen MR) is 86.7 cm³/mol. The molecule has 0 amide bonds. The molecule has 19 heavy (non-hydrogen) atoms. The van der Waals surface area contributed by atoms with Crippen molar-refractivity contribution in [2.45, 2.75) is 85.9 Å². The molecule has 0 heterocycles. The molecule has 0 bridgehead atoms. The lowest BCUT2D eigenvalue weighted by atomic mass is 10.1. The summed E-state index contributed by atoms with van der Waals surface area (Å²) < 4.78 is 12.7. The predicted octanol–water partition coefficient (Wildman–Crippen LogP) is 5.37. The molecule has 0 saturated heterocycles. The van der Waals surface area contributed by atoms with Crippen LogP contribution in [-0.2, 0) is 8.85 Å². The molecule has 0 aromatic carbocycles. The summed E-state index contributed by atoms with van der Waals surface area (Å²) in [5, 5.41) is 0. The molecule has 0 fully saturated rings.